The first-order valence-corrected chi connectivity index (χ1v) is 11.7. The maximum absolute atomic E-state index is 13.2. The summed E-state index contributed by atoms with van der Waals surface area (Å²) < 4.78 is 0. The predicted octanol–water partition coefficient (Wildman–Crippen LogP) is -1.65. The lowest BCUT2D eigenvalue weighted by Gasteiger charge is -2.25. The highest BCUT2D eigenvalue weighted by Crippen LogP contribution is 2.13. The van der Waals surface area contributed by atoms with Gasteiger partial charge in [0.2, 0.25) is 17.7 Å². The first-order valence-electron chi connectivity index (χ1n) is 11.7. The van der Waals surface area contributed by atoms with Gasteiger partial charge in [-0.3, -0.25) is 14.4 Å². The second kappa shape index (κ2) is 14.2. The van der Waals surface area contributed by atoms with E-state index < -0.39 is 48.6 Å². The number of amides is 3. The lowest BCUT2D eigenvalue weighted by Crippen LogP contribution is -2.57. The number of phenolic OH excluding ortho intramolecular Hbond substituents is 1. The Kier molecular flexibility index (Phi) is 11.4. The van der Waals surface area contributed by atoms with Crippen molar-refractivity contribution in [3.63, 3.8) is 0 Å². The van der Waals surface area contributed by atoms with Gasteiger partial charge in [0.15, 0.2) is 0 Å². The highest BCUT2D eigenvalue weighted by atomic mass is 16.4. The van der Waals surface area contributed by atoms with Gasteiger partial charge >= 0.3 is 5.97 Å². The second-order valence-electron chi connectivity index (χ2n) is 8.51. The quantitative estimate of drug-likeness (QED) is 0.140. The number of rotatable bonds is 14. The highest BCUT2D eigenvalue weighted by molar-refractivity contribution is 5.94. The first kappa shape index (κ1) is 28.0. The van der Waals surface area contributed by atoms with Crippen molar-refractivity contribution >= 4 is 23.7 Å². The van der Waals surface area contributed by atoms with E-state index in [-0.39, 0.29) is 24.5 Å². The zero-order chi connectivity index (χ0) is 25.8. The molecular formula is C23H35N5O7. The summed E-state index contributed by atoms with van der Waals surface area (Å²) in [6.45, 7) is 0.273. The van der Waals surface area contributed by atoms with Gasteiger partial charge in [0.25, 0.3) is 0 Å². The highest BCUT2D eigenvalue weighted by Gasteiger charge is 2.31. The summed E-state index contributed by atoms with van der Waals surface area (Å²) in [5.41, 5.74) is 6.20. The summed E-state index contributed by atoms with van der Waals surface area (Å²) in [6, 6.07) is 2.13. The van der Waals surface area contributed by atoms with Gasteiger partial charge in [0.05, 0.1) is 12.6 Å². The molecule has 1 heterocycles. The number of nitrogens with one attached hydrogen (secondary N) is 4. The van der Waals surface area contributed by atoms with Crippen LogP contribution in [0.5, 0.6) is 5.75 Å². The number of aromatic hydroxyl groups is 1. The van der Waals surface area contributed by atoms with Gasteiger partial charge in [-0.15, -0.1) is 0 Å². The molecule has 1 aliphatic rings. The molecule has 0 radical (unpaired) electrons. The first-order chi connectivity index (χ1) is 16.7. The number of carbonyl (C=O) groups is 4. The van der Waals surface area contributed by atoms with E-state index in [0.717, 1.165) is 6.42 Å². The van der Waals surface area contributed by atoms with E-state index in [0.29, 0.717) is 37.9 Å². The van der Waals surface area contributed by atoms with E-state index in [1.807, 2.05) is 0 Å². The fourth-order valence-corrected chi connectivity index (χ4v) is 3.75. The molecule has 35 heavy (non-hydrogen) atoms. The number of nitrogens with two attached hydrogens (primary N) is 1. The molecule has 0 spiro atoms. The Labute approximate surface area is 203 Å². The van der Waals surface area contributed by atoms with E-state index in [4.69, 9.17) is 10.8 Å². The molecule has 1 aliphatic heterocycles. The Morgan fingerprint density at radius 2 is 1.66 bits per heavy atom. The van der Waals surface area contributed by atoms with Crippen LogP contribution in [0.4, 0.5) is 0 Å². The number of carboxylic acid groups (broad SMARTS) is 1. The van der Waals surface area contributed by atoms with Crippen molar-refractivity contribution in [2.45, 2.75) is 62.7 Å². The fourth-order valence-electron chi connectivity index (χ4n) is 3.75. The minimum Gasteiger partial charge on any atom is -0.508 e. The number of carbonyl (C=O) groups excluding carboxylic acids is 3. The monoisotopic (exact) mass is 493 g/mol. The van der Waals surface area contributed by atoms with Crippen LogP contribution < -0.4 is 27.0 Å². The number of unbranched alkanes of at least 4 members (excludes halogenated alkanes) is 1. The summed E-state index contributed by atoms with van der Waals surface area (Å²) in [6.07, 6.45) is 2.86. The predicted molar refractivity (Wildman–Crippen MR) is 126 cm³/mol. The molecule has 0 saturated carbocycles. The number of aliphatic carboxylic acids is 1. The van der Waals surface area contributed by atoms with Crippen LogP contribution in [0.3, 0.4) is 0 Å². The Morgan fingerprint density at radius 1 is 1.00 bits per heavy atom. The molecule has 1 aromatic carbocycles. The van der Waals surface area contributed by atoms with Gasteiger partial charge in [-0.2, -0.15) is 0 Å². The van der Waals surface area contributed by atoms with Crippen LogP contribution >= 0.6 is 0 Å². The van der Waals surface area contributed by atoms with Gasteiger partial charge in [-0.1, -0.05) is 12.1 Å². The molecular weight excluding hydrogens is 458 g/mol. The van der Waals surface area contributed by atoms with E-state index in [1.165, 1.54) is 12.1 Å². The molecule has 3 amide bonds. The van der Waals surface area contributed by atoms with Crippen molar-refractivity contribution in [1.82, 2.24) is 21.3 Å². The molecule has 194 valence electrons. The van der Waals surface area contributed by atoms with Crippen molar-refractivity contribution in [2.24, 2.45) is 5.73 Å². The molecule has 12 nitrogen and oxygen atoms in total. The van der Waals surface area contributed by atoms with E-state index >= 15 is 0 Å². The normalized spacial score (nSPS) is 17.7. The molecule has 1 saturated heterocycles. The van der Waals surface area contributed by atoms with E-state index in [2.05, 4.69) is 21.3 Å². The summed E-state index contributed by atoms with van der Waals surface area (Å²) in [5, 5.41) is 38.5. The van der Waals surface area contributed by atoms with Crippen molar-refractivity contribution in [2.75, 3.05) is 19.7 Å². The van der Waals surface area contributed by atoms with Crippen molar-refractivity contribution < 1.29 is 34.5 Å². The number of aliphatic hydroxyl groups is 1. The van der Waals surface area contributed by atoms with Gasteiger partial charge in [0, 0.05) is 6.42 Å². The maximum atomic E-state index is 13.2. The Morgan fingerprint density at radius 3 is 2.23 bits per heavy atom. The SMILES string of the molecule is NCCCCC(NC(=O)C(Cc1ccc(O)cc1)NC(=O)C1CCCN1)C(=O)NC(CO)C(=O)O. The summed E-state index contributed by atoms with van der Waals surface area (Å²) in [4.78, 5) is 49.9. The molecule has 0 aromatic heterocycles. The van der Waals surface area contributed by atoms with Crippen LogP contribution in [-0.4, -0.2) is 82.9 Å². The molecule has 1 aromatic rings. The molecule has 2 rings (SSSR count). The fraction of sp³-hybridized carbons (Fsp3) is 0.565. The molecule has 4 atom stereocenters. The Balaban J connectivity index is 2.17. The third-order valence-corrected chi connectivity index (χ3v) is 5.76. The summed E-state index contributed by atoms with van der Waals surface area (Å²) >= 11 is 0. The van der Waals surface area contributed by atoms with E-state index in [1.54, 1.807) is 12.1 Å². The number of carboxylic acids is 1. The van der Waals surface area contributed by atoms with Crippen LogP contribution in [0.25, 0.3) is 0 Å². The van der Waals surface area contributed by atoms with Crippen LogP contribution in [0, 0.1) is 0 Å². The third kappa shape index (κ3) is 9.15. The van der Waals surface area contributed by atoms with Crippen molar-refractivity contribution in [1.29, 1.82) is 0 Å². The molecule has 9 N–H and O–H groups in total. The van der Waals surface area contributed by atoms with Crippen LogP contribution in [-0.2, 0) is 25.6 Å². The maximum Gasteiger partial charge on any atom is 0.328 e. The smallest absolute Gasteiger partial charge is 0.328 e. The van der Waals surface area contributed by atoms with Gasteiger partial charge in [-0.25, -0.2) is 4.79 Å². The number of hydrogen-bond donors (Lipinski definition) is 8. The van der Waals surface area contributed by atoms with Crippen LogP contribution in [0.1, 0.15) is 37.7 Å². The van der Waals surface area contributed by atoms with Gasteiger partial charge in [-0.05, 0) is 62.9 Å². The molecule has 12 heteroatoms. The standard InChI is InChI=1S/C23H35N5O7/c24-10-2-1-4-17(21(32)28-19(13-29)23(34)35)26-22(33)18(12-14-6-8-15(30)9-7-14)27-20(31)16-5-3-11-25-16/h6-9,16-19,25,29-30H,1-5,10-13,24H2,(H,26,33)(H,27,31)(H,28,32)(H,34,35). The van der Waals surface area contributed by atoms with E-state index in [9.17, 15) is 29.4 Å². The average Bonchev–Trinajstić information content (AvgIpc) is 3.37. The number of aliphatic hydroxyl groups excluding tert-OH is 1. The molecule has 4 unspecified atom stereocenters. The second-order valence-corrected chi connectivity index (χ2v) is 8.51. The number of hydrogen-bond acceptors (Lipinski definition) is 8. The Hall–Kier alpha value is -3.22. The minimum atomic E-state index is -1.52. The molecule has 0 bridgehead atoms. The molecule has 1 fully saturated rings. The van der Waals surface area contributed by atoms with Gasteiger partial charge in [0.1, 0.15) is 23.9 Å². The topological polar surface area (TPSA) is 203 Å². The van der Waals surface area contributed by atoms with Crippen molar-refractivity contribution in [3.05, 3.63) is 29.8 Å². The lowest BCUT2D eigenvalue weighted by atomic mass is 10.0. The van der Waals surface area contributed by atoms with Crippen LogP contribution in [0.2, 0.25) is 0 Å². The number of phenols is 1. The average molecular weight is 494 g/mol. The lowest BCUT2D eigenvalue weighted by molar-refractivity contribution is -0.143. The zero-order valence-electron chi connectivity index (χ0n) is 19.5. The summed E-state index contributed by atoms with van der Waals surface area (Å²) in [7, 11) is 0. The minimum absolute atomic E-state index is 0.0578. The largest absolute Gasteiger partial charge is 0.508 e. The molecule has 0 aliphatic carbocycles. The van der Waals surface area contributed by atoms with Crippen LogP contribution in [0.15, 0.2) is 24.3 Å². The third-order valence-electron chi connectivity index (χ3n) is 5.76. The summed E-state index contributed by atoms with van der Waals surface area (Å²) in [5.74, 6) is -3.06. The van der Waals surface area contributed by atoms with Gasteiger partial charge < -0.3 is 42.3 Å². The van der Waals surface area contributed by atoms with Crippen molar-refractivity contribution in [3.8, 4) is 5.75 Å². The Bertz CT molecular complexity index is 858. The zero-order valence-corrected chi connectivity index (χ0v) is 19.5. The number of benzene rings is 1.